The van der Waals surface area contributed by atoms with Crippen molar-refractivity contribution in [2.45, 2.75) is 6.54 Å². The van der Waals surface area contributed by atoms with E-state index in [9.17, 15) is 9.90 Å². The van der Waals surface area contributed by atoms with E-state index in [-0.39, 0.29) is 17.3 Å². The Morgan fingerprint density at radius 3 is 2.60 bits per heavy atom. The van der Waals surface area contributed by atoms with Gasteiger partial charge in [-0.15, -0.1) is 0 Å². The SMILES string of the molecule is COc1ccc(/C=C2\Oc3c(ccc(O)c3CN3CCN(c4ccccn4)CC3)C2=O)c(OC)c1. The number of methoxy groups -OCH3 is 2. The van der Waals surface area contributed by atoms with E-state index in [1.165, 1.54) is 0 Å². The molecule has 8 nitrogen and oxygen atoms in total. The van der Waals surface area contributed by atoms with E-state index in [1.807, 2.05) is 24.3 Å². The number of hydrogen-bond acceptors (Lipinski definition) is 8. The summed E-state index contributed by atoms with van der Waals surface area (Å²) >= 11 is 0. The van der Waals surface area contributed by atoms with Crippen molar-refractivity contribution in [2.24, 2.45) is 0 Å². The van der Waals surface area contributed by atoms with Gasteiger partial charge in [0.2, 0.25) is 5.78 Å². The molecule has 1 N–H and O–H groups in total. The van der Waals surface area contributed by atoms with Crippen LogP contribution in [0.2, 0.25) is 0 Å². The number of carbonyl (C=O) groups excluding carboxylic acids is 1. The molecule has 0 bridgehead atoms. The van der Waals surface area contributed by atoms with Crippen LogP contribution in [0, 0.1) is 0 Å². The van der Waals surface area contributed by atoms with E-state index in [4.69, 9.17) is 14.2 Å². The third-order valence-electron chi connectivity index (χ3n) is 6.37. The van der Waals surface area contributed by atoms with Crippen LogP contribution in [-0.2, 0) is 6.54 Å². The van der Waals surface area contributed by atoms with Crippen LogP contribution in [0.15, 0.2) is 60.5 Å². The number of anilines is 1. The standard InChI is InChI=1S/C27H27N3O5/c1-33-19-7-6-18(23(16-19)34-2)15-24-26(32)20-8-9-22(31)21(27(20)35-24)17-29-11-13-30(14-12-29)25-5-3-4-10-28-25/h3-10,15-16,31H,11-14,17H2,1-2H3/b24-15-. The number of nitrogens with zero attached hydrogens (tertiary/aromatic N) is 3. The molecule has 1 fully saturated rings. The molecule has 5 rings (SSSR count). The minimum absolute atomic E-state index is 0.118. The molecule has 1 aromatic heterocycles. The summed E-state index contributed by atoms with van der Waals surface area (Å²) in [5.41, 5.74) is 1.76. The molecule has 0 spiro atoms. The fourth-order valence-corrected chi connectivity index (χ4v) is 4.43. The van der Waals surface area contributed by atoms with Crippen LogP contribution in [0.4, 0.5) is 5.82 Å². The van der Waals surface area contributed by atoms with Gasteiger partial charge < -0.3 is 24.2 Å². The lowest BCUT2D eigenvalue weighted by Gasteiger charge is -2.35. The monoisotopic (exact) mass is 473 g/mol. The third kappa shape index (κ3) is 4.52. The van der Waals surface area contributed by atoms with Crippen LogP contribution in [-0.4, -0.2) is 61.2 Å². The van der Waals surface area contributed by atoms with Crippen LogP contribution in [0.1, 0.15) is 21.5 Å². The number of phenolic OH excluding ortho intramolecular Hbond substituents is 1. The van der Waals surface area contributed by atoms with Gasteiger partial charge in [-0.05, 0) is 42.5 Å². The zero-order valence-electron chi connectivity index (χ0n) is 19.7. The lowest BCUT2D eigenvalue weighted by atomic mass is 10.0. The number of ether oxygens (including phenoxy) is 3. The summed E-state index contributed by atoms with van der Waals surface area (Å²) in [5, 5.41) is 10.6. The lowest BCUT2D eigenvalue weighted by molar-refractivity contribution is 0.101. The lowest BCUT2D eigenvalue weighted by Crippen LogP contribution is -2.46. The molecular formula is C27H27N3O5. The smallest absolute Gasteiger partial charge is 0.231 e. The maximum absolute atomic E-state index is 13.1. The fourth-order valence-electron chi connectivity index (χ4n) is 4.43. The number of ketones is 1. The summed E-state index contributed by atoms with van der Waals surface area (Å²) in [4.78, 5) is 22.0. The summed E-state index contributed by atoms with van der Waals surface area (Å²) in [6, 6.07) is 14.4. The number of aromatic hydroxyl groups is 1. The van der Waals surface area contributed by atoms with E-state index in [1.54, 1.807) is 50.8 Å². The van der Waals surface area contributed by atoms with Crippen molar-refractivity contribution in [3.63, 3.8) is 0 Å². The van der Waals surface area contributed by atoms with Gasteiger partial charge in [-0.2, -0.15) is 0 Å². The molecule has 2 aliphatic rings. The second-order valence-corrected chi connectivity index (χ2v) is 8.44. The predicted octanol–water partition coefficient (Wildman–Crippen LogP) is 3.74. The Hall–Kier alpha value is -4.04. The van der Waals surface area contributed by atoms with Crippen molar-refractivity contribution >= 4 is 17.7 Å². The van der Waals surface area contributed by atoms with Gasteiger partial charge in [-0.3, -0.25) is 9.69 Å². The first-order valence-electron chi connectivity index (χ1n) is 11.5. The summed E-state index contributed by atoms with van der Waals surface area (Å²) in [7, 11) is 3.15. The molecular weight excluding hydrogens is 446 g/mol. The summed E-state index contributed by atoms with van der Waals surface area (Å²) in [6.45, 7) is 3.75. The van der Waals surface area contributed by atoms with Crippen LogP contribution in [0.25, 0.3) is 6.08 Å². The van der Waals surface area contributed by atoms with Crippen molar-refractivity contribution < 1.29 is 24.1 Å². The van der Waals surface area contributed by atoms with E-state index in [0.29, 0.717) is 40.5 Å². The molecule has 0 radical (unpaired) electrons. The van der Waals surface area contributed by atoms with Gasteiger partial charge in [0, 0.05) is 50.6 Å². The zero-order chi connectivity index (χ0) is 24.4. The molecule has 2 aliphatic heterocycles. The van der Waals surface area contributed by atoms with Crippen LogP contribution >= 0.6 is 0 Å². The molecule has 3 aromatic rings. The molecule has 2 aromatic carbocycles. The number of aromatic nitrogens is 1. The molecule has 35 heavy (non-hydrogen) atoms. The second-order valence-electron chi connectivity index (χ2n) is 8.44. The average molecular weight is 474 g/mol. The van der Waals surface area contributed by atoms with Gasteiger partial charge in [0.05, 0.1) is 25.3 Å². The van der Waals surface area contributed by atoms with Crippen molar-refractivity contribution in [1.29, 1.82) is 0 Å². The number of hydrogen-bond donors (Lipinski definition) is 1. The fraction of sp³-hybridized carbons (Fsp3) is 0.259. The van der Waals surface area contributed by atoms with E-state index < -0.39 is 0 Å². The topological polar surface area (TPSA) is 84.4 Å². The number of Topliss-reactive ketones (excluding diaryl/α,β-unsaturated/α-hetero) is 1. The molecule has 8 heteroatoms. The highest BCUT2D eigenvalue weighted by atomic mass is 16.5. The predicted molar refractivity (Wildman–Crippen MR) is 132 cm³/mol. The first kappa shape index (κ1) is 22.7. The zero-order valence-corrected chi connectivity index (χ0v) is 19.7. The summed E-state index contributed by atoms with van der Waals surface area (Å²) in [5.74, 6) is 2.69. The van der Waals surface area contributed by atoms with Crippen molar-refractivity contribution in [3.8, 4) is 23.0 Å². The highest BCUT2D eigenvalue weighted by Crippen LogP contribution is 2.41. The number of benzene rings is 2. The number of fused-ring (bicyclic) bond motifs is 1. The normalized spacial score (nSPS) is 16.8. The molecule has 180 valence electrons. The van der Waals surface area contributed by atoms with Crippen molar-refractivity contribution in [2.75, 3.05) is 45.3 Å². The number of rotatable bonds is 6. The Labute approximate surface area is 204 Å². The van der Waals surface area contributed by atoms with E-state index >= 15 is 0 Å². The largest absolute Gasteiger partial charge is 0.507 e. The quantitative estimate of drug-likeness (QED) is 0.542. The number of pyridine rings is 1. The Kier molecular flexibility index (Phi) is 6.29. The molecule has 1 saturated heterocycles. The Morgan fingerprint density at radius 2 is 1.89 bits per heavy atom. The average Bonchev–Trinajstić information content (AvgIpc) is 3.22. The molecule has 0 amide bonds. The molecule has 3 heterocycles. The first-order chi connectivity index (χ1) is 17.1. The van der Waals surface area contributed by atoms with Crippen LogP contribution in [0.5, 0.6) is 23.0 Å². The van der Waals surface area contributed by atoms with Crippen molar-refractivity contribution in [1.82, 2.24) is 9.88 Å². The molecule has 0 atom stereocenters. The minimum Gasteiger partial charge on any atom is -0.507 e. The number of allylic oxidation sites excluding steroid dienone is 1. The Bertz CT molecular complexity index is 1270. The second kappa shape index (κ2) is 9.68. The number of carbonyl (C=O) groups is 1. The van der Waals surface area contributed by atoms with Crippen molar-refractivity contribution in [3.05, 3.63) is 77.2 Å². The molecule has 0 saturated carbocycles. The molecule has 0 unspecified atom stereocenters. The van der Waals surface area contributed by atoms with Gasteiger partial charge in [0.1, 0.15) is 28.8 Å². The van der Waals surface area contributed by atoms with E-state index in [0.717, 1.165) is 32.0 Å². The van der Waals surface area contributed by atoms with Gasteiger partial charge in [-0.1, -0.05) is 6.07 Å². The van der Waals surface area contributed by atoms with Gasteiger partial charge in [-0.25, -0.2) is 4.98 Å². The van der Waals surface area contributed by atoms with Gasteiger partial charge in [0.25, 0.3) is 0 Å². The van der Waals surface area contributed by atoms with Gasteiger partial charge >= 0.3 is 0 Å². The maximum Gasteiger partial charge on any atom is 0.231 e. The number of piperazine rings is 1. The Morgan fingerprint density at radius 1 is 1.06 bits per heavy atom. The highest BCUT2D eigenvalue weighted by molar-refractivity contribution is 6.15. The summed E-state index contributed by atoms with van der Waals surface area (Å²) in [6.07, 6.45) is 3.46. The van der Waals surface area contributed by atoms with Crippen LogP contribution in [0.3, 0.4) is 0 Å². The number of phenols is 1. The Balaban J connectivity index is 1.35. The summed E-state index contributed by atoms with van der Waals surface area (Å²) < 4.78 is 16.7. The van der Waals surface area contributed by atoms with Gasteiger partial charge in [0.15, 0.2) is 5.76 Å². The first-order valence-corrected chi connectivity index (χ1v) is 11.5. The third-order valence-corrected chi connectivity index (χ3v) is 6.37. The van der Waals surface area contributed by atoms with Crippen LogP contribution < -0.4 is 19.1 Å². The maximum atomic E-state index is 13.1. The highest BCUT2D eigenvalue weighted by Gasteiger charge is 2.32. The van der Waals surface area contributed by atoms with E-state index in [2.05, 4.69) is 14.8 Å². The minimum atomic E-state index is -0.223. The molecule has 0 aliphatic carbocycles.